The molecule has 11 heteroatoms. The number of ether oxygens (including phenoxy) is 1. The normalized spacial score (nSPS) is 12.8. The average molecular weight is 607 g/mol. The molecular formula is C29H33Cl2N3O5S. The molecule has 0 spiro atoms. The Morgan fingerprint density at radius 1 is 0.950 bits per heavy atom. The summed E-state index contributed by atoms with van der Waals surface area (Å²) in [4.78, 5) is 28.4. The number of halogens is 2. The number of nitrogens with one attached hydrogen (secondary N) is 1. The molecule has 0 aliphatic heterocycles. The molecule has 0 aliphatic carbocycles. The number of benzene rings is 3. The molecule has 0 saturated heterocycles. The molecular weight excluding hydrogens is 573 g/mol. The van der Waals surface area contributed by atoms with Crippen molar-refractivity contribution in [1.29, 1.82) is 0 Å². The molecule has 0 saturated carbocycles. The first-order valence-electron chi connectivity index (χ1n) is 12.7. The minimum absolute atomic E-state index is 0.0473. The highest BCUT2D eigenvalue weighted by molar-refractivity contribution is 7.92. The van der Waals surface area contributed by atoms with Crippen LogP contribution in [0.1, 0.15) is 32.8 Å². The zero-order chi connectivity index (χ0) is 29.4. The minimum Gasteiger partial charge on any atom is -0.497 e. The second-order valence-electron chi connectivity index (χ2n) is 9.31. The van der Waals surface area contributed by atoms with E-state index in [1.807, 2.05) is 13.8 Å². The molecule has 2 amide bonds. The second kappa shape index (κ2) is 13.9. The number of carbonyl (C=O) groups is 2. The Morgan fingerprint density at radius 2 is 1.60 bits per heavy atom. The number of sulfonamides is 1. The monoisotopic (exact) mass is 605 g/mol. The average Bonchev–Trinajstić information content (AvgIpc) is 2.94. The summed E-state index contributed by atoms with van der Waals surface area (Å²) < 4.78 is 33.8. The van der Waals surface area contributed by atoms with Crippen LogP contribution in [0.5, 0.6) is 5.75 Å². The van der Waals surface area contributed by atoms with Crippen molar-refractivity contribution in [2.24, 2.45) is 0 Å². The number of hydrogen-bond donors (Lipinski definition) is 1. The lowest BCUT2D eigenvalue weighted by Crippen LogP contribution is -2.52. The van der Waals surface area contributed by atoms with Gasteiger partial charge in [-0.15, -0.1) is 0 Å². The fourth-order valence-corrected chi connectivity index (χ4v) is 5.59. The molecule has 0 fully saturated rings. The number of hydrogen-bond acceptors (Lipinski definition) is 5. The van der Waals surface area contributed by atoms with Crippen LogP contribution in [0.15, 0.2) is 77.7 Å². The first kappa shape index (κ1) is 31.3. The van der Waals surface area contributed by atoms with Crippen LogP contribution < -0.4 is 14.4 Å². The van der Waals surface area contributed by atoms with Gasteiger partial charge in [0.05, 0.1) is 17.7 Å². The molecule has 214 valence electrons. The SMILES string of the molecule is CC[C@H](C)NC(=O)[C@H](C)N(Cc1ccc(OC)cc1)C(=O)CN(c1cccc(Cl)c1)S(=O)(=O)c1ccc(Cl)cc1. The van der Waals surface area contributed by atoms with Crippen LogP contribution in [-0.4, -0.2) is 50.9 Å². The summed E-state index contributed by atoms with van der Waals surface area (Å²) in [7, 11) is -2.66. The predicted octanol–water partition coefficient (Wildman–Crippen LogP) is 5.53. The van der Waals surface area contributed by atoms with Crippen molar-refractivity contribution in [1.82, 2.24) is 10.2 Å². The highest BCUT2D eigenvalue weighted by Gasteiger charge is 2.33. The van der Waals surface area contributed by atoms with Crippen LogP contribution in [0, 0.1) is 0 Å². The Kier molecular flexibility index (Phi) is 10.8. The number of carbonyl (C=O) groups excluding carboxylic acids is 2. The van der Waals surface area contributed by atoms with E-state index in [0.29, 0.717) is 22.2 Å². The van der Waals surface area contributed by atoms with E-state index in [9.17, 15) is 18.0 Å². The molecule has 3 aromatic rings. The molecule has 3 aromatic carbocycles. The maximum Gasteiger partial charge on any atom is 0.264 e. The summed E-state index contributed by atoms with van der Waals surface area (Å²) in [6.07, 6.45) is 0.715. The molecule has 1 N–H and O–H groups in total. The Morgan fingerprint density at radius 3 is 2.17 bits per heavy atom. The van der Waals surface area contributed by atoms with Gasteiger partial charge in [-0.2, -0.15) is 0 Å². The maximum atomic E-state index is 13.9. The largest absolute Gasteiger partial charge is 0.497 e. The molecule has 0 aromatic heterocycles. The first-order valence-corrected chi connectivity index (χ1v) is 14.9. The van der Waals surface area contributed by atoms with Crippen molar-refractivity contribution in [3.05, 3.63) is 88.4 Å². The molecule has 2 atom stereocenters. The van der Waals surface area contributed by atoms with Gasteiger partial charge in [0, 0.05) is 22.6 Å². The summed E-state index contributed by atoms with van der Waals surface area (Å²) in [5.41, 5.74) is 0.948. The summed E-state index contributed by atoms with van der Waals surface area (Å²) in [5, 5.41) is 3.58. The zero-order valence-electron chi connectivity index (χ0n) is 22.8. The third-order valence-electron chi connectivity index (χ3n) is 6.46. The molecule has 8 nitrogen and oxygen atoms in total. The molecule has 3 rings (SSSR count). The Hall–Kier alpha value is -3.27. The van der Waals surface area contributed by atoms with E-state index >= 15 is 0 Å². The highest BCUT2D eigenvalue weighted by Crippen LogP contribution is 2.27. The number of rotatable bonds is 12. The fraction of sp³-hybridized carbons (Fsp3) is 0.310. The van der Waals surface area contributed by atoms with E-state index in [0.717, 1.165) is 9.87 Å². The molecule has 0 heterocycles. The number of nitrogens with zero attached hydrogens (tertiary/aromatic N) is 2. The summed E-state index contributed by atoms with van der Waals surface area (Å²) in [6.45, 7) is 4.95. The summed E-state index contributed by atoms with van der Waals surface area (Å²) in [6, 6.07) is 18.0. The van der Waals surface area contributed by atoms with Gasteiger partial charge >= 0.3 is 0 Å². The standard InChI is InChI=1S/C29H33Cl2N3O5S/c1-5-20(2)32-29(36)21(3)33(18-22-9-13-26(39-4)14-10-22)28(35)19-34(25-8-6-7-24(31)17-25)40(37,38)27-15-11-23(30)12-16-27/h6-17,20-21H,5,18-19H2,1-4H3,(H,32,36)/t20-,21-/m0/s1. The third kappa shape index (κ3) is 7.90. The van der Waals surface area contributed by atoms with Crippen molar-refractivity contribution in [3.63, 3.8) is 0 Å². The van der Waals surface area contributed by atoms with Gasteiger partial charge in [-0.05, 0) is 80.4 Å². The van der Waals surface area contributed by atoms with Crippen LogP contribution in [0.3, 0.4) is 0 Å². The quantitative estimate of drug-likeness (QED) is 0.293. The molecule has 0 radical (unpaired) electrons. The topological polar surface area (TPSA) is 96.0 Å². The lowest BCUT2D eigenvalue weighted by atomic mass is 10.1. The van der Waals surface area contributed by atoms with Gasteiger partial charge in [0.25, 0.3) is 10.0 Å². The predicted molar refractivity (Wildman–Crippen MR) is 158 cm³/mol. The Balaban J connectivity index is 2.02. The van der Waals surface area contributed by atoms with Gasteiger partial charge in [-0.25, -0.2) is 8.42 Å². The van der Waals surface area contributed by atoms with Crippen LogP contribution in [0.2, 0.25) is 10.0 Å². The lowest BCUT2D eigenvalue weighted by Gasteiger charge is -2.32. The van der Waals surface area contributed by atoms with Crippen molar-refractivity contribution < 1.29 is 22.7 Å². The van der Waals surface area contributed by atoms with Crippen molar-refractivity contribution in [3.8, 4) is 5.75 Å². The van der Waals surface area contributed by atoms with Crippen LogP contribution in [-0.2, 0) is 26.2 Å². The van der Waals surface area contributed by atoms with Gasteiger partial charge in [0.1, 0.15) is 18.3 Å². The van der Waals surface area contributed by atoms with Gasteiger partial charge < -0.3 is 15.0 Å². The van der Waals surface area contributed by atoms with E-state index in [-0.39, 0.29) is 29.1 Å². The smallest absolute Gasteiger partial charge is 0.264 e. The Labute approximate surface area is 245 Å². The van der Waals surface area contributed by atoms with Crippen molar-refractivity contribution >= 4 is 50.7 Å². The first-order chi connectivity index (χ1) is 19.0. The minimum atomic E-state index is -4.22. The van der Waals surface area contributed by atoms with Gasteiger partial charge in [-0.3, -0.25) is 13.9 Å². The zero-order valence-corrected chi connectivity index (χ0v) is 25.1. The van der Waals surface area contributed by atoms with E-state index < -0.39 is 28.5 Å². The van der Waals surface area contributed by atoms with Crippen LogP contribution in [0.4, 0.5) is 5.69 Å². The van der Waals surface area contributed by atoms with E-state index in [1.54, 1.807) is 56.5 Å². The van der Waals surface area contributed by atoms with Gasteiger partial charge in [0.15, 0.2) is 0 Å². The van der Waals surface area contributed by atoms with E-state index in [2.05, 4.69) is 5.32 Å². The van der Waals surface area contributed by atoms with Gasteiger partial charge in [-0.1, -0.05) is 48.3 Å². The number of anilines is 1. The lowest BCUT2D eigenvalue weighted by molar-refractivity contribution is -0.139. The maximum absolute atomic E-state index is 13.9. The number of amides is 2. The van der Waals surface area contributed by atoms with Crippen LogP contribution >= 0.6 is 23.2 Å². The Bertz CT molecular complexity index is 1420. The molecule has 0 aliphatic rings. The highest BCUT2D eigenvalue weighted by atomic mass is 35.5. The fourth-order valence-electron chi connectivity index (χ4n) is 3.87. The summed E-state index contributed by atoms with van der Waals surface area (Å²) >= 11 is 12.2. The summed E-state index contributed by atoms with van der Waals surface area (Å²) in [5.74, 6) is -0.267. The van der Waals surface area contributed by atoms with Crippen molar-refractivity contribution in [2.45, 2.75) is 50.7 Å². The third-order valence-corrected chi connectivity index (χ3v) is 8.73. The van der Waals surface area contributed by atoms with Crippen LogP contribution in [0.25, 0.3) is 0 Å². The van der Waals surface area contributed by atoms with E-state index in [4.69, 9.17) is 27.9 Å². The molecule has 0 bridgehead atoms. The van der Waals surface area contributed by atoms with Gasteiger partial charge in [0.2, 0.25) is 11.8 Å². The number of methoxy groups -OCH3 is 1. The van der Waals surface area contributed by atoms with Crippen molar-refractivity contribution in [2.75, 3.05) is 18.0 Å². The molecule has 40 heavy (non-hydrogen) atoms. The second-order valence-corrected chi connectivity index (χ2v) is 12.0. The molecule has 0 unspecified atom stereocenters. The van der Waals surface area contributed by atoms with E-state index in [1.165, 1.54) is 35.2 Å².